The molecule has 0 aliphatic rings. The molecule has 142 valence electrons. The summed E-state index contributed by atoms with van der Waals surface area (Å²) in [7, 11) is 4.04. The lowest BCUT2D eigenvalue weighted by Gasteiger charge is -2.28. The minimum atomic E-state index is -0.170. The van der Waals surface area contributed by atoms with Gasteiger partial charge in [0.1, 0.15) is 0 Å². The van der Waals surface area contributed by atoms with Crippen molar-refractivity contribution < 1.29 is 14.3 Å². The number of benzene rings is 1. The fourth-order valence-corrected chi connectivity index (χ4v) is 2.91. The van der Waals surface area contributed by atoms with Gasteiger partial charge in [-0.05, 0) is 45.0 Å². The zero-order valence-corrected chi connectivity index (χ0v) is 17.0. The Labute approximate surface area is 156 Å². The predicted octanol–water partition coefficient (Wildman–Crippen LogP) is 3.85. The van der Waals surface area contributed by atoms with Crippen LogP contribution in [0.2, 0.25) is 5.02 Å². The Kier molecular flexibility index (Phi) is 8.53. The first-order valence-corrected chi connectivity index (χ1v) is 9.10. The monoisotopic (exact) mass is 370 g/mol. The van der Waals surface area contributed by atoms with Gasteiger partial charge in [-0.3, -0.25) is 4.79 Å². The number of hydrogen-bond acceptors (Lipinski definition) is 4. The summed E-state index contributed by atoms with van der Waals surface area (Å²) in [6.45, 7) is 10.6. The van der Waals surface area contributed by atoms with E-state index in [2.05, 4.69) is 24.1 Å². The predicted molar refractivity (Wildman–Crippen MR) is 103 cm³/mol. The van der Waals surface area contributed by atoms with Crippen LogP contribution < -0.4 is 14.8 Å². The van der Waals surface area contributed by atoms with Crippen molar-refractivity contribution in [2.75, 3.05) is 40.4 Å². The summed E-state index contributed by atoms with van der Waals surface area (Å²) in [6, 6.07) is 3.32. The van der Waals surface area contributed by atoms with Crippen molar-refractivity contribution in [3.05, 3.63) is 22.7 Å². The molecule has 0 bridgehead atoms. The lowest BCUT2D eigenvalue weighted by Crippen LogP contribution is -2.40. The molecule has 1 aromatic carbocycles. The summed E-state index contributed by atoms with van der Waals surface area (Å²) in [5.41, 5.74) is 0.438. The van der Waals surface area contributed by atoms with E-state index in [1.54, 1.807) is 12.1 Å². The van der Waals surface area contributed by atoms with Gasteiger partial charge in [0.2, 0.25) is 0 Å². The molecule has 0 saturated carbocycles. The summed E-state index contributed by atoms with van der Waals surface area (Å²) in [4.78, 5) is 14.6. The Morgan fingerprint density at radius 3 is 2.48 bits per heavy atom. The van der Waals surface area contributed by atoms with Gasteiger partial charge in [-0.25, -0.2) is 0 Å². The van der Waals surface area contributed by atoms with Crippen molar-refractivity contribution in [1.82, 2.24) is 10.2 Å². The van der Waals surface area contributed by atoms with Crippen molar-refractivity contribution in [2.24, 2.45) is 5.41 Å². The summed E-state index contributed by atoms with van der Waals surface area (Å²) < 4.78 is 11.3. The maximum atomic E-state index is 12.5. The number of ether oxygens (including phenoxy) is 2. The highest BCUT2D eigenvalue weighted by Gasteiger charge is 2.21. The van der Waals surface area contributed by atoms with Gasteiger partial charge in [-0.2, -0.15) is 0 Å². The quantitative estimate of drug-likeness (QED) is 0.679. The van der Waals surface area contributed by atoms with Gasteiger partial charge in [-0.1, -0.05) is 32.4 Å². The number of carbonyl (C=O) groups excluding carboxylic acids is 1. The molecule has 0 saturated heterocycles. The highest BCUT2D eigenvalue weighted by atomic mass is 35.5. The van der Waals surface area contributed by atoms with Crippen molar-refractivity contribution in [3.63, 3.8) is 0 Å². The first-order chi connectivity index (χ1) is 11.7. The zero-order valence-electron chi connectivity index (χ0n) is 16.2. The molecule has 1 rings (SSSR count). The molecule has 0 aromatic heterocycles. The fraction of sp³-hybridized carbons (Fsp3) is 0.632. The molecule has 0 atom stereocenters. The third-order valence-corrected chi connectivity index (χ3v) is 3.77. The van der Waals surface area contributed by atoms with Crippen molar-refractivity contribution in [1.29, 1.82) is 0 Å². The molecule has 0 radical (unpaired) electrons. The molecule has 1 amide bonds. The molecule has 1 N–H and O–H groups in total. The van der Waals surface area contributed by atoms with Crippen LogP contribution in [0.25, 0.3) is 0 Å². The molecule has 5 nitrogen and oxygen atoms in total. The van der Waals surface area contributed by atoms with Crippen molar-refractivity contribution >= 4 is 17.5 Å². The van der Waals surface area contributed by atoms with Crippen LogP contribution in [0.1, 0.15) is 44.5 Å². The normalized spacial score (nSPS) is 11.5. The van der Waals surface area contributed by atoms with Gasteiger partial charge >= 0.3 is 0 Å². The third-order valence-electron chi connectivity index (χ3n) is 3.49. The minimum absolute atomic E-state index is 0.0319. The SMILES string of the molecule is CCCOc1c(Cl)cc(C(=O)NCC(C)(C)CN(C)C)cc1OCC. The molecule has 1 aromatic rings. The average molecular weight is 371 g/mol. The summed E-state index contributed by atoms with van der Waals surface area (Å²) in [5.74, 6) is 0.827. The van der Waals surface area contributed by atoms with Crippen LogP contribution in [0, 0.1) is 5.41 Å². The van der Waals surface area contributed by atoms with Gasteiger partial charge in [0.25, 0.3) is 5.91 Å². The number of nitrogens with one attached hydrogen (secondary N) is 1. The standard InChI is InChI=1S/C19H31ClN2O3/c1-7-9-25-17-15(20)10-14(11-16(17)24-8-2)18(23)21-12-19(3,4)13-22(5)6/h10-11H,7-9,12-13H2,1-6H3,(H,21,23). The van der Waals surface area contributed by atoms with Gasteiger partial charge in [0.15, 0.2) is 11.5 Å². The Morgan fingerprint density at radius 2 is 1.92 bits per heavy atom. The van der Waals surface area contributed by atoms with Crippen LogP contribution in [-0.4, -0.2) is 51.2 Å². The maximum Gasteiger partial charge on any atom is 0.251 e. The molecule has 25 heavy (non-hydrogen) atoms. The lowest BCUT2D eigenvalue weighted by atomic mass is 9.93. The summed E-state index contributed by atoms with van der Waals surface area (Å²) in [6.07, 6.45) is 0.866. The van der Waals surface area contributed by atoms with Crippen LogP contribution in [0.3, 0.4) is 0 Å². The maximum absolute atomic E-state index is 12.5. The van der Waals surface area contributed by atoms with E-state index >= 15 is 0 Å². The molecular formula is C19H31ClN2O3. The number of rotatable bonds is 10. The third kappa shape index (κ3) is 7.12. The largest absolute Gasteiger partial charge is 0.490 e. The number of hydrogen-bond donors (Lipinski definition) is 1. The average Bonchev–Trinajstić information content (AvgIpc) is 2.50. The highest BCUT2D eigenvalue weighted by molar-refractivity contribution is 6.32. The molecule has 0 aliphatic heterocycles. The first kappa shape index (κ1) is 21.6. The molecule has 0 unspecified atom stereocenters. The molecule has 0 aliphatic carbocycles. The molecule has 6 heteroatoms. The zero-order chi connectivity index (χ0) is 19.0. The molecule has 0 fully saturated rings. The number of amides is 1. The van der Waals surface area contributed by atoms with Gasteiger partial charge in [-0.15, -0.1) is 0 Å². The summed E-state index contributed by atoms with van der Waals surface area (Å²) in [5, 5.41) is 3.37. The Morgan fingerprint density at radius 1 is 1.24 bits per heavy atom. The van der Waals surface area contributed by atoms with E-state index in [0.29, 0.717) is 41.8 Å². The topological polar surface area (TPSA) is 50.8 Å². The van der Waals surface area contributed by atoms with Crippen LogP contribution in [0.15, 0.2) is 12.1 Å². The van der Waals surface area contributed by atoms with E-state index in [4.69, 9.17) is 21.1 Å². The molecule has 0 heterocycles. The molecular weight excluding hydrogens is 340 g/mol. The second kappa shape index (κ2) is 9.88. The van der Waals surface area contributed by atoms with Crippen molar-refractivity contribution in [3.8, 4) is 11.5 Å². The summed E-state index contributed by atoms with van der Waals surface area (Å²) >= 11 is 6.32. The van der Waals surface area contributed by atoms with E-state index in [-0.39, 0.29) is 11.3 Å². The Balaban J connectivity index is 2.91. The van der Waals surface area contributed by atoms with Crippen LogP contribution in [0.4, 0.5) is 0 Å². The molecule has 0 spiro atoms. The van der Waals surface area contributed by atoms with Crippen molar-refractivity contribution in [2.45, 2.75) is 34.1 Å². The van der Waals surface area contributed by atoms with E-state index in [0.717, 1.165) is 13.0 Å². The van der Waals surface area contributed by atoms with Gasteiger partial charge in [0.05, 0.1) is 18.2 Å². The van der Waals surface area contributed by atoms with Gasteiger partial charge < -0.3 is 19.7 Å². The smallest absolute Gasteiger partial charge is 0.251 e. The minimum Gasteiger partial charge on any atom is -0.490 e. The second-order valence-corrected chi connectivity index (χ2v) is 7.56. The number of nitrogens with zero attached hydrogens (tertiary/aromatic N) is 1. The Bertz CT molecular complexity index is 574. The lowest BCUT2D eigenvalue weighted by molar-refractivity contribution is 0.0928. The van der Waals surface area contributed by atoms with Gasteiger partial charge in [0, 0.05) is 18.7 Å². The van der Waals surface area contributed by atoms with Crippen LogP contribution in [-0.2, 0) is 0 Å². The van der Waals surface area contributed by atoms with E-state index in [9.17, 15) is 4.79 Å². The van der Waals surface area contributed by atoms with Crippen LogP contribution in [0.5, 0.6) is 11.5 Å². The second-order valence-electron chi connectivity index (χ2n) is 7.15. The first-order valence-electron chi connectivity index (χ1n) is 8.72. The highest BCUT2D eigenvalue weighted by Crippen LogP contribution is 2.36. The number of carbonyl (C=O) groups is 1. The fourth-order valence-electron chi connectivity index (χ4n) is 2.64. The Hall–Kier alpha value is -1.46. The van der Waals surface area contributed by atoms with E-state index in [1.807, 2.05) is 27.9 Å². The van der Waals surface area contributed by atoms with E-state index in [1.165, 1.54) is 0 Å². The van der Waals surface area contributed by atoms with E-state index < -0.39 is 0 Å². The van der Waals surface area contributed by atoms with Crippen LogP contribution >= 0.6 is 11.6 Å². The number of halogens is 1.